The van der Waals surface area contributed by atoms with Crippen LogP contribution in [0, 0.1) is 0 Å². The fraction of sp³-hybridized carbons (Fsp3) is 0.190. The van der Waals surface area contributed by atoms with Crippen molar-refractivity contribution in [2.24, 2.45) is 0 Å². The van der Waals surface area contributed by atoms with E-state index in [-0.39, 0.29) is 5.75 Å². The number of phenolic OH excluding ortho intramolecular Hbond substituents is 1. The number of fused-ring (bicyclic) bond motifs is 1. The average molecular weight is 367 g/mol. The standard InChI is InChI=1S/C21H19ClN2O2/c22-19-5-1-3-15(9-19)13-24-7-8-26-21-18(14-24)10-17(11-20(21)25)16-4-2-6-23-12-16/h1-6,9-12,25H,7-8,13-14H2. The van der Waals surface area contributed by atoms with Gasteiger partial charge in [-0.25, -0.2) is 0 Å². The van der Waals surface area contributed by atoms with Crippen LogP contribution in [0.1, 0.15) is 11.1 Å². The predicted molar refractivity (Wildman–Crippen MR) is 102 cm³/mol. The Labute approximate surface area is 157 Å². The molecule has 0 radical (unpaired) electrons. The molecule has 0 saturated carbocycles. The van der Waals surface area contributed by atoms with Gasteiger partial charge in [-0.2, -0.15) is 0 Å². The Bertz CT molecular complexity index is 915. The number of aromatic nitrogens is 1. The number of rotatable bonds is 3. The summed E-state index contributed by atoms with van der Waals surface area (Å²) >= 11 is 6.10. The number of nitrogens with zero attached hydrogens (tertiary/aromatic N) is 2. The smallest absolute Gasteiger partial charge is 0.165 e. The van der Waals surface area contributed by atoms with Gasteiger partial charge < -0.3 is 9.84 Å². The third-order valence-corrected chi connectivity index (χ3v) is 4.72. The van der Waals surface area contributed by atoms with Gasteiger partial charge in [0.15, 0.2) is 11.5 Å². The highest BCUT2D eigenvalue weighted by atomic mass is 35.5. The zero-order valence-corrected chi connectivity index (χ0v) is 15.0. The molecule has 0 spiro atoms. The summed E-state index contributed by atoms with van der Waals surface area (Å²) in [6.07, 6.45) is 3.53. The van der Waals surface area contributed by atoms with E-state index in [1.54, 1.807) is 18.5 Å². The summed E-state index contributed by atoms with van der Waals surface area (Å²) in [6, 6.07) is 15.6. The molecular formula is C21H19ClN2O2. The molecule has 1 aliphatic rings. The summed E-state index contributed by atoms with van der Waals surface area (Å²) in [5.41, 5.74) is 4.04. The number of hydrogen-bond acceptors (Lipinski definition) is 4. The van der Waals surface area contributed by atoms with Gasteiger partial charge in [0.25, 0.3) is 0 Å². The normalized spacial score (nSPS) is 14.3. The van der Waals surface area contributed by atoms with E-state index in [0.717, 1.165) is 40.4 Å². The average Bonchev–Trinajstić information content (AvgIpc) is 2.84. The maximum absolute atomic E-state index is 10.5. The van der Waals surface area contributed by atoms with E-state index in [9.17, 15) is 5.11 Å². The largest absolute Gasteiger partial charge is 0.504 e. The van der Waals surface area contributed by atoms with E-state index in [1.165, 1.54) is 0 Å². The van der Waals surface area contributed by atoms with Crippen molar-refractivity contribution < 1.29 is 9.84 Å². The molecule has 3 aromatic rings. The number of ether oxygens (including phenoxy) is 1. The van der Waals surface area contributed by atoms with Crippen molar-refractivity contribution in [3.63, 3.8) is 0 Å². The van der Waals surface area contributed by atoms with Gasteiger partial charge in [-0.3, -0.25) is 9.88 Å². The van der Waals surface area contributed by atoms with Crippen LogP contribution in [0.4, 0.5) is 0 Å². The second-order valence-corrected chi connectivity index (χ2v) is 6.85. The number of halogens is 1. The van der Waals surface area contributed by atoms with Crippen LogP contribution in [0.25, 0.3) is 11.1 Å². The molecule has 0 saturated heterocycles. The zero-order valence-electron chi connectivity index (χ0n) is 14.2. The van der Waals surface area contributed by atoms with Crippen molar-refractivity contribution in [1.29, 1.82) is 0 Å². The number of pyridine rings is 1. The molecule has 0 bridgehead atoms. The van der Waals surface area contributed by atoms with Crippen LogP contribution >= 0.6 is 11.6 Å². The Balaban J connectivity index is 1.63. The highest BCUT2D eigenvalue weighted by molar-refractivity contribution is 6.30. The van der Waals surface area contributed by atoms with Crippen LogP contribution in [0.3, 0.4) is 0 Å². The number of hydrogen-bond donors (Lipinski definition) is 1. The van der Waals surface area contributed by atoms with Crippen molar-refractivity contribution in [3.8, 4) is 22.6 Å². The first-order valence-electron chi connectivity index (χ1n) is 8.55. The van der Waals surface area contributed by atoms with Crippen LogP contribution < -0.4 is 4.74 Å². The number of benzene rings is 2. The summed E-state index contributed by atoms with van der Waals surface area (Å²) in [7, 11) is 0. The molecule has 1 N–H and O–H groups in total. The van der Waals surface area contributed by atoms with E-state index in [2.05, 4.69) is 22.0 Å². The molecular weight excluding hydrogens is 348 g/mol. The maximum atomic E-state index is 10.5. The summed E-state index contributed by atoms with van der Waals surface area (Å²) in [6.45, 7) is 2.79. The van der Waals surface area contributed by atoms with Gasteiger partial charge in [-0.1, -0.05) is 29.8 Å². The molecule has 132 valence electrons. The Morgan fingerprint density at radius 3 is 2.85 bits per heavy atom. The van der Waals surface area contributed by atoms with Crippen LogP contribution in [-0.4, -0.2) is 28.1 Å². The van der Waals surface area contributed by atoms with E-state index >= 15 is 0 Å². The van der Waals surface area contributed by atoms with Crippen LogP contribution in [-0.2, 0) is 13.1 Å². The minimum atomic E-state index is 0.172. The second kappa shape index (κ2) is 7.36. The Hall–Kier alpha value is -2.56. The lowest BCUT2D eigenvalue weighted by molar-refractivity contribution is 0.217. The fourth-order valence-corrected chi connectivity index (χ4v) is 3.49. The molecule has 0 aliphatic carbocycles. The van der Waals surface area contributed by atoms with Crippen molar-refractivity contribution in [2.75, 3.05) is 13.2 Å². The summed E-state index contributed by atoms with van der Waals surface area (Å²) in [4.78, 5) is 6.46. The van der Waals surface area contributed by atoms with Gasteiger partial charge in [-0.05, 0) is 41.5 Å². The molecule has 0 atom stereocenters. The third-order valence-electron chi connectivity index (χ3n) is 4.48. The number of aromatic hydroxyl groups is 1. The molecule has 4 nitrogen and oxygen atoms in total. The monoisotopic (exact) mass is 366 g/mol. The Morgan fingerprint density at radius 1 is 1.12 bits per heavy atom. The minimum absolute atomic E-state index is 0.172. The van der Waals surface area contributed by atoms with Crippen molar-refractivity contribution in [2.45, 2.75) is 13.1 Å². The molecule has 0 amide bonds. The lowest BCUT2D eigenvalue weighted by Gasteiger charge is -2.19. The van der Waals surface area contributed by atoms with E-state index in [4.69, 9.17) is 16.3 Å². The summed E-state index contributed by atoms with van der Waals surface area (Å²) < 4.78 is 5.83. The maximum Gasteiger partial charge on any atom is 0.165 e. The zero-order chi connectivity index (χ0) is 17.9. The molecule has 2 aromatic carbocycles. The first kappa shape index (κ1) is 16.9. The Kier molecular flexibility index (Phi) is 4.78. The van der Waals surface area contributed by atoms with E-state index < -0.39 is 0 Å². The van der Waals surface area contributed by atoms with Gasteiger partial charge in [0, 0.05) is 48.2 Å². The fourth-order valence-electron chi connectivity index (χ4n) is 3.28. The SMILES string of the molecule is Oc1cc(-c2cccnc2)cc2c1OCCN(Cc1cccc(Cl)c1)C2. The van der Waals surface area contributed by atoms with Crippen molar-refractivity contribution >= 4 is 11.6 Å². The van der Waals surface area contributed by atoms with Gasteiger partial charge in [0.2, 0.25) is 0 Å². The van der Waals surface area contributed by atoms with Gasteiger partial charge in [-0.15, -0.1) is 0 Å². The third kappa shape index (κ3) is 3.66. The van der Waals surface area contributed by atoms with Gasteiger partial charge in [0.05, 0.1) is 0 Å². The van der Waals surface area contributed by atoms with Crippen molar-refractivity contribution in [1.82, 2.24) is 9.88 Å². The van der Waals surface area contributed by atoms with Gasteiger partial charge in [0.1, 0.15) is 6.61 Å². The molecule has 4 rings (SSSR count). The van der Waals surface area contributed by atoms with Crippen molar-refractivity contribution in [3.05, 3.63) is 77.1 Å². The molecule has 1 aliphatic heterocycles. The molecule has 5 heteroatoms. The lowest BCUT2D eigenvalue weighted by atomic mass is 10.0. The number of phenols is 1. The Morgan fingerprint density at radius 2 is 2.04 bits per heavy atom. The molecule has 26 heavy (non-hydrogen) atoms. The molecule has 0 fully saturated rings. The predicted octanol–water partition coefficient (Wildman–Crippen LogP) is 4.50. The molecule has 1 aromatic heterocycles. The second-order valence-electron chi connectivity index (χ2n) is 6.41. The lowest BCUT2D eigenvalue weighted by Crippen LogP contribution is -2.25. The van der Waals surface area contributed by atoms with Gasteiger partial charge >= 0.3 is 0 Å². The van der Waals surface area contributed by atoms with Crippen LogP contribution in [0.2, 0.25) is 5.02 Å². The first-order chi connectivity index (χ1) is 12.7. The molecule has 0 unspecified atom stereocenters. The quantitative estimate of drug-likeness (QED) is 0.741. The summed E-state index contributed by atoms with van der Waals surface area (Å²) in [5, 5.41) is 11.2. The highest BCUT2D eigenvalue weighted by Gasteiger charge is 2.20. The van der Waals surface area contributed by atoms with Crippen LogP contribution in [0.15, 0.2) is 60.9 Å². The topological polar surface area (TPSA) is 45.6 Å². The first-order valence-corrected chi connectivity index (χ1v) is 8.93. The minimum Gasteiger partial charge on any atom is -0.504 e. The summed E-state index contributed by atoms with van der Waals surface area (Å²) in [5.74, 6) is 0.747. The van der Waals surface area contributed by atoms with E-state index in [0.29, 0.717) is 18.9 Å². The molecule has 2 heterocycles. The highest BCUT2D eigenvalue weighted by Crippen LogP contribution is 2.37. The van der Waals surface area contributed by atoms with E-state index in [1.807, 2.05) is 30.3 Å². The van der Waals surface area contributed by atoms with Crippen LogP contribution in [0.5, 0.6) is 11.5 Å².